The summed E-state index contributed by atoms with van der Waals surface area (Å²) in [6.45, 7) is 1.86. The van der Waals surface area contributed by atoms with E-state index >= 15 is 0 Å². The minimum absolute atomic E-state index is 0.0134. The number of carbonyl (C=O) groups excluding carboxylic acids is 1. The van der Waals surface area contributed by atoms with Gasteiger partial charge >= 0.3 is 0 Å². The molecular formula is C10H11IO2. The third-order valence-electron chi connectivity index (χ3n) is 1.80. The maximum atomic E-state index is 10.4. The molecular weight excluding hydrogens is 279 g/mol. The number of carbonyl (C=O) groups is 1. The fourth-order valence-corrected chi connectivity index (χ4v) is 1.44. The van der Waals surface area contributed by atoms with Gasteiger partial charge in [0.15, 0.2) is 0 Å². The Morgan fingerprint density at radius 1 is 1.62 bits per heavy atom. The lowest BCUT2D eigenvalue weighted by atomic mass is 10.0. The number of benzene rings is 1. The van der Waals surface area contributed by atoms with Gasteiger partial charge in [0.05, 0.1) is 3.57 Å². The van der Waals surface area contributed by atoms with Gasteiger partial charge in [0.1, 0.15) is 12.0 Å². The molecule has 0 aliphatic rings. The molecule has 0 radical (unpaired) electrons. The van der Waals surface area contributed by atoms with Crippen LogP contribution in [0.5, 0.6) is 5.75 Å². The van der Waals surface area contributed by atoms with E-state index in [1.165, 1.54) is 0 Å². The van der Waals surface area contributed by atoms with E-state index < -0.39 is 0 Å². The molecule has 2 nitrogen and oxygen atoms in total. The standard InChI is InChI=1S/C10H11IO2/c1-7(6-12)4-8-2-3-9(11)10(13)5-8/h2-3,5-7,13H,4H2,1H3. The summed E-state index contributed by atoms with van der Waals surface area (Å²) in [4.78, 5) is 10.4. The van der Waals surface area contributed by atoms with Crippen molar-refractivity contribution in [3.8, 4) is 5.75 Å². The van der Waals surface area contributed by atoms with Gasteiger partial charge in [-0.05, 0) is 46.7 Å². The lowest BCUT2D eigenvalue weighted by Crippen LogP contribution is -2.00. The highest BCUT2D eigenvalue weighted by molar-refractivity contribution is 14.1. The lowest BCUT2D eigenvalue weighted by molar-refractivity contribution is -0.110. The second-order valence-electron chi connectivity index (χ2n) is 3.10. The molecule has 1 unspecified atom stereocenters. The van der Waals surface area contributed by atoms with E-state index in [-0.39, 0.29) is 11.7 Å². The van der Waals surface area contributed by atoms with Crippen molar-refractivity contribution in [2.75, 3.05) is 0 Å². The molecule has 1 atom stereocenters. The molecule has 0 saturated carbocycles. The van der Waals surface area contributed by atoms with Gasteiger partial charge in [0.25, 0.3) is 0 Å². The first-order valence-corrected chi connectivity index (χ1v) is 5.14. The third kappa shape index (κ3) is 2.99. The number of phenolic OH excluding ortho intramolecular Hbond substituents is 1. The van der Waals surface area contributed by atoms with Crippen molar-refractivity contribution in [3.05, 3.63) is 27.3 Å². The van der Waals surface area contributed by atoms with Gasteiger partial charge in [-0.1, -0.05) is 13.0 Å². The van der Waals surface area contributed by atoms with Crippen LogP contribution in [0.1, 0.15) is 12.5 Å². The van der Waals surface area contributed by atoms with Crippen molar-refractivity contribution >= 4 is 28.9 Å². The Bertz CT molecular complexity index is 310. The molecule has 1 aromatic rings. The molecule has 1 N–H and O–H groups in total. The quantitative estimate of drug-likeness (QED) is 0.685. The minimum atomic E-state index is 0.0134. The first kappa shape index (κ1) is 10.5. The molecule has 0 amide bonds. The van der Waals surface area contributed by atoms with E-state index in [0.29, 0.717) is 6.42 Å². The molecule has 0 heterocycles. The summed E-state index contributed by atoms with van der Waals surface area (Å²) in [7, 11) is 0. The van der Waals surface area contributed by atoms with Crippen molar-refractivity contribution in [1.82, 2.24) is 0 Å². The number of aromatic hydroxyl groups is 1. The number of phenols is 1. The predicted octanol–water partition coefficient (Wildman–Crippen LogP) is 2.37. The largest absolute Gasteiger partial charge is 0.507 e. The third-order valence-corrected chi connectivity index (χ3v) is 2.71. The molecule has 0 fully saturated rings. The molecule has 1 rings (SSSR count). The molecule has 13 heavy (non-hydrogen) atoms. The monoisotopic (exact) mass is 290 g/mol. The smallest absolute Gasteiger partial charge is 0.129 e. The fourth-order valence-electron chi connectivity index (χ4n) is 1.11. The average Bonchev–Trinajstić information content (AvgIpc) is 2.11. The summed E-state index contributed by atoms with van der Waals surface area (Å²) in [6.07, 6.45) is 1.61. The molecule has 70 valence electrons. The van der Waals surface area contributed by atoms with E-state index in [9.17, 15) is 9.90 Å². The molecule has 0 bridgehead atoms. The average molecular weight is 290 g/mol. The summed E-state index contributed by atoms with van der Waals surface area (Å²) < 4.78 is 0.833. The van der Waals surface area contributed by atoms with E-state index in [2.05, 4.69) is 22.6 Å². The number of hydrogen-bond acceptors (Lipinski definition) is 2. The molecule has 0 aliphatic heterocycles. The second kappa shape index (κ2) is 4.60. The topological polar surface area (TPSA) is 37.3 Å². The van der Waals surface area contributed by atoms with Crippen molar-refractivity contribution in [1.29, 1.82) is 0 Å². The Morgan fingerprint density at radius 3 is 2.85 bits per heavy atom. The van der Waals surface area contributed by atoms with Gasteiger partial charge < -0.3 is 9.90 Å². The maximum absolute atomic E-state index is 10.4. The zero-order valence-electron chi connectivity index (χ0n) is 7.33. The van der Waals surface area contributed by atoms with E-state index in [4.69, 9.17) is 0 Å². The summed E-state index contributed by atoms with van der Waals surface area (Å²) in [5.74, 6) is 0.302. The number of rotatable bonds is 3. The van der Waals surface area contributed by atoms with Crippen LogP contribution >= 0.6 is 22.6 Å². The summed E-state index contributed by atoms with van der Waals surface area (Å²) in [5.41, 5.74) is 0.998. The van der Waals surface area contributed by atoms with Crippen molar-refractivity contribution in [2.45, 2.75) is 13.3 Å². The van der Waals surface area contributed by atoms with E-state index in [1.807, 2.05) is 19.1 Å². The molecule has 0 saturated heterocycles. The zero-order chi connectivity index (χ0) is 9.84. The Balaban J connectivity index is 2.79. The maximum Gasteiger partial charge on any atom is 0.129 e. The van der Waals surface area contributed by atoms with Crippen LogP contribution in [0.4, 0.5) is 0 Å². The van der Waals surface area contributed by atoms with Gasteiger partial charge in [-0.3, -0.25) is 0 Å². The first-order valence-electron chi connectivity index (χ1n) is 4.06. The van der Waals surface area contributed by atoms with Crippen LogP contribution in [-0.2, 0) is 11.2 Å². The van der Waals surface area contributed by atoms with Crippen LogP contribution in [0, 0.1) is 9.49 Å². The second-order valence-corrected chi connectivity index (χ2v) is 4.27. The van der Waals surface area contributed by atoms with Crippen molar-refractivity contribution < 1.29 is 9.90 Å². The van der Waals surface area contributed by atoms with Crippen LogP contribution in [0.15, 0.2) is 18.2 Å². The SMILES string of the molecule is CC(C=O)Cc1ccc(I)c(O)c1. The van der Waals surface area contributed by atoms with Gasteiger partial charge in [-0.15, -0.1) is 0 Å². The van der Waals surface area contributed by atoms with Crippen LogP contribution in [0.2, 0.25) is 0 Å². The number of hydrogen-bond donors (Lipinski definition) is 1. The van der Waals surface area contributed by atoms with Gasteiger partial charge in [-0.25, -0.2) is 0 Å². The highest BCUT2D eigenvalue weighted by atomic mass is 127. The van der Waals surface area contributed by atoms with Crippen LogP contribution in [0.25, 0.3) is 0 Å². The van der Waals surface area contributed by atoms with Gasteiger partial charge in [-0.2, -0.15) is 0 Å². The summed E-state index contributed by atoms with van der Waals surface area (Å²) >= 11 is 2.06. The van der Waals surface area contributed by atoms with Gasteiger partial charge in [0, 0.05) is 5.92 Å². The number of halogens is 1. The predicted molar refractivity (Wildman–Crippen MR) is 59.8 cm³/mol. The van der Waals surface area contributed by atoms with Gasteiger partial charge in [0.2, 0.25) is 0 Å². The van der Waals surface area contributed by atoms with Crippen LogP contribution in [0.3, 0.4) is 0 Å². The Labute approximate surface area is 91.1 Å². The zero-order valence-corrected chi connectivity index (χ0v) is 9.48. The Morgan fingerprint density at radius 2 is 2.31 bits per heavy atom. The minimum Gasteiger partial charge on any atom is -0.507 e. The summed E-state index contributed by atoms with van der Waals surface area (Å²) in [5, 5.41) is 9.39. The highest BCUT2D eigenvalue weighted by Crippen LogP contribution is 2.21. The number of aldehydes is 1. The fraction of sp³-hybridized carbons (Fsp3) is 0.300. The molecule has 0 aromatic heterocycles. The van der Waals surface area contributed by atoms with Crippen LogP contribution < -0.4 is 0 Å². The molecule has 0 spiro atoms. The summed E-state index contributed by atoms with van der Waals surface area (Å²) in [6, 6.07) is 5.49. The first-order chi connectivity index (χ1) is 6.13. The Hall–Kier alpha value is -0.580. The van der Waals surface area contributed by atoms with E-state index in [1.54, 1.807) is 6.07 Å². The Kier molecular flexibility index (Phi) is 3.71. The molecule has 1 aromatic carbocycles. The lowest BCUT2D eigenvalue weighted by Gasteiger charge is -2.04. The highest BCUT2D eigenvalue weighted by Gasteiger charge is 2.04. The van der Waals surface area contributed by atoms with Crippen LogP contribution in [-0.4, -0.2) is 11.4 Å². The van der Waals surface area contributed by atoms with E-state index in [0.717, 1.165) is 15.4 Å². The van der Waals surface area contributed by atoms with Crippen molar-refractivity contribution in [2.24, 2.45) is 5.92 Å². The normalized spacial score (nSPS) is 12.5. The molecule has 3 heteroatoms. The van der Waals surface area contributed by atoms with Crippen molar-refractivity contribution in [3.63, 3.8) is 0 Å². The molecule has 0 aliphatic carbocycles.